The van der Waals surface area contributed by atoms with Gasteiger partial charge >= 0.3 is 0 Å². The zero-order chi connectivity index (χ0) is 26.7. The number of hydrogen-bond donors (Lipinski definition) is 2. The fourth-order valence-electron chi connectivity index (χ4n) is 3.39. The van der Waals surface area contributed by atoms with Gasteiger partial charge < -0.3 is 25.5 Å². The van der Waals surface area contributed by atoms with Crippen molar-refractivity contribution in [1.29, 1.82) is 0 Å². The molecule has 0 aliphatic heterocycles. The Bertz CT molecular complexity index is 1440. The van der Waals surface area contributed by atoms with E-state index in [9.17, 15) is 17.5 Å². The predicted molar refractivity (Wildman–Crippen MR) is 184 cm³/mol. The van der Waals surface area contributed by atoms with E-state index in [1.807, 2.05) is 0 Å². The molecule has 4 rings (SSSR count). The Morgan fingerprint density at radius 2 is 0.786 bits per heavy atom. The second kappa shape index (κ2) is 21.1. The van der Waals surface area contributed by atoms with Crippen LogP contribution in [0.25, 0.3) is 22.3 Å². The van der Waals surface area contributed by atoms with Crippen LogP contribution in [0.1, 0.15) is 0 Å². The van der Waals surface area contributed by atoms with E-state index in [-0.39, 0.29) is 85.3 Å². The number of rotatable bonds is 8. The summed E-state index contributed by atoms with van der Waals surface area (Å²) < 4.78 is 43.6. The van der Waals surface area contributed by atoms with Gasteiger partial charge in [-0.25, -0.2) is 8.42 Å². The van der Waals surface area contributed by atoms with Gasteiger partial charge in [-0.3, -0.25) is 0 Å². The molecule has 0 fully saturated rings. The average molecular weight is 769 g/mol. The third kappa shape index (κ3) is 11.8. The third-order valence-corrected chi connectivity index (χ3v) is 11.2. The predicted octanol–water partition coefficient (Wildman–Crippen LogP) is 7.01. The minimum atomic E-state index is -2.24. The van der Waals surface area contributed by atoms with Gasteiger partial charge in [-0.05, 0) is 91.1 Å². The van der Waals surface area contributed by atoms with Crippen LogP contribution >= 0.6 is 77.8 Å². The van der Waals surface area contributed by atoms with E-state index < -0.39 is 22.2 Å². The van der Waals surface area contributed by atoms with E-state index in [4.69, 9.17) is 46.4 Å². The van der Waals surface area contributed by atoms with Gasteiger partial charge in [0.15, 0.2) is 22.2 Å². The summed E-state index contributed by atoms with van der Waals surface area (Å²) in [6.45, 7) is 0. The maximum Gasteiger partial charge on any atom is 0.187 e. The molecule has 8 N–H and O–H groups in total. The molecule has 7 nitrogen and oxygen atoms in total. The van der Waals surface area contributed by atoms with E-state index in [2.05, 4.69) is 0 Å². The molecule has 0 aromatic heterocycles. The summed E-state index contributed by atoms with van der Waals surface area (Å²) >= 11 is 20.2. The summed E-state index contributed by atoms with van der Waals surface area (Å²) in [5.74, 6) is 0. The summed E-state index contributed by atoms with van der Waals surface area (Å²) in [5, 5.41) is 1.73. The molecule has 218 valence electrons. The Labute approximate surface area is 323 Å². The van der Waals surface area contributed by atoms with Crippen LogP contribution in [-0.2, 0) is 22.2 Å². The number of hydrogen-bond acceptors (Lipinski definition) is 5. The normalized spacial score (nSPS) is 11.4. The van der Waals surface area contributed by atoms with Gasteiger partial charge in [-0.1, -0.05) is 70.7 Å². The van der Waals surface area contributed by atoms with Crippen LogP contribution in [-0.4, -0.2) is 93.1 Å². The fourth-order valence-corrected chi connectivity index (χ4v) is 9.59. The zero-order valence-electron chi connectivity index (χ0n) is 21.7. The van der Waals surface area contributed by atoms with Crippen molar-refractivity contribution in [3.05, 3.63) is 92.9 Å². The van der Waals surface area contributed by atoms with Crippen LogP contribution in [0.2, 0.25) is 20.1 Å². The molecule has 4 aromatic carbocycles. The molecule has 2 unspecified atom stereocenters. The van der Waals surface area contributed by atoms with Gasteiger partial charge in [-0.15, -0.1) is 0 Å². The Balaban J connectivity index is 0. The van der Waals surface area contributed by atoms with Crippen molar-refractivity contribution in [1.82, 2.24) is 0 Å². The topological polar surface area (TPSA) is 169 Å². The first-order valence-corrected chi connectivity index (χ1v) is 17.3. The van der Waals surface area contributed by atoms with Gasteiger partial charge in [0.1, 0.15) is 0 Å². The van der Waals surface area contributed by atoms with Crippen LogP contribution in [0.15, 0.2) is 92.4 Å². The van der Waals surface area contributed by atoms with Crippen molar-refractivity contribution in [3.63, 3.8) is 0 Å². The van der Waals surface area contributed by atoms with Crippen LogP contribution in [0, 0.1) is 0 Å². The Hall–Kier alpha value is 1.19. The molecule has 4 aromatic rings. The minimum Gasteiger partial charge on any atom is -0.412 e. The van der Waals surface area contributed by atoms with Gasteiger partial charge in [0.2, 0.25) is 0 Å². The maximum absolute atomic E-state index is 12.0. The molecule has 0 saturated heterocycles. The van der Waals surface area contributed by atoms with Gasteiger partial charge in [0, 0.05) is 100 Å². The maximum atomic E-state index is 12.0. The van der Waals surface area contributed by atoms with Crippen molar-refractivity contribution in [2.75, 3.05) is 0 Å². The Kier molecular flexibility index (Phi) is 22.8. The largest absolute Gasteiger partial charge is 0.412 e. The molecule has 0 spiro atoms. The van der Waals surface area contributed by atoms with Crippen molar-refractivity contribution in [2.45, 2.75) is 19.6 Å². The summed E-state index contributed by atoms with van der Waals surface area (Å²) in [5.41, 5.74) is 2.57. The monoisotopic (exact) mass is 766 g/mol. The first-order chi connectivity index (χ1) is 17.6. The quantitative estimate of drug-likeness (QED) is 0.110. The second-order valence-electron chi connectivity index (χ2n) is 7.29. The molecule has 2 radical (unpaired) electrons. The fraction of sp³-hybridized carbons (Fsp3) is 0. The van der Waals surface area contributed by atoms with E-state index in [1.54, 1.807) is 60.7 Å². The van der Waals surface area contributed by atoms with Crippen LogP contribution in [0.4, 0.5) is 0 Å². The first-order valence-electron chi connectivity index (χ1n) is 10.1. The number of halogens is 4. The molecule has 0 amide bonds. The van der Waals surface area contributed by atoms with Crippen molar-refractivity contribution in [2.24, 2.45) is 0 Å². The van der Waals surface area contributed by atoms with Gasteiger partial charge in [-0.2, -0.15) is 0 Å². The molecular weight excluding hydrogens is 748 g/mol. The van der Waals surface area contributed by atoms with Crippen LogP contribution < -0.4 is 0 Å². The van der Waals surface area contributed by atoms with Crippen molar-refractivity contribution in [3.8, 4) is 22.3 Å². The van der Waals surface area contributed by atoms with Gasteiger partial charge in [0.05, 0.1) is 9.79 Å². The molecule has 0 saturated carbocycles. The third-order valence-electron chi connectivity index (χ3n) is 4.98. The van der Waals surface area contributed by atoms with E-state index >= 15 is 0 Å². The minimum absolute atomic E-state index is 0. The van der Waals surface area contributed by atoms with Crippen molar-refractivity contribution < 1.29 is 34.0 Å². The van der Waals surface area contributed by atoms with Crippen molar-refractivity contribution >= 4 is 159 Å². The Morgan fingerprint density at radius 3 is 1.10 bits per heavy atom. The average Bonchev–Trinajstić information content (AvgIpc) is 2.84. The number of benzene rings is 4. The SMILES string of the molecule is O.O.O.O=S(O)c1cc(Cl)ccc1-c1ccc(Cl)cc1SSSc1cc(Cl)ccc1-c1ccc(Cl)cc1S(=O)O.[Na].[Na]. The van der Waals surface area contributed by atoms with E-state index in [1.165, 1.54) is 43.5 Å². The molecule has 0 aliphatic rings. The standard InChI is InChI=1S/C24H14Cl4O4S5.2Na.3H2O/c25-13-1-5-17(19-7-3-15(27)11-23(19)36(29)30)21(9-13)33-35-34-22-10-14(26)2-6-18(22)20-8-4-16(28)12-24(20)37(31)32;;;;;/h1-12H,(H,29,30)(H,31,32);;;3*1H2. The second-order valence-corrected chi connectivity index (χ2v) is 14.9. The zero-order valence-corrected chi connectivity index (χ0v) is 32.8. The molecule has 42 heavy (non-hydrogen) atoms. The van der Waals surface area contributed by atoms with Crippen LogP contribution in [0.5, 0.6) is 0 Å². The summed E-state index contributed by atoms with van der Waals surface area (Å²) in [4.78, 5) is 1.93. The molecule has 2 atom stereocenters. The van der Waals surface area contributed by atoms with E-state index in [0.29, 0.717) is 31.2 Å². The first kappa shape index (κ1) is 45.3. The molecule has 18 heteroatoms. The summed E-state index contributed by atoms with van der Waals surface area (Å²) in [6, 6.07) is 20.2. The van der Waals surface area contributed by atoms with Gasteiger partial charge in [0.25, 0.3) is 0 Å². The van der Waals surface area contributed by atoms with Crippen LogP contribution in [0.3, 0.4) is 0 Å². The molecule has 0 heterocycles. The summed E-state index contributed by atoms with van der Waals surface area (Å²) in [6.07, 6.45) is 0. The molecular formula is C24H20Cl4Na2O7S5. The smallest absolute Gasteiger partial charge is 0.187 e. The summed E-state index contributed by atoms with van der Waals surface area (Å²) in [7, 11) is 4.23. The Morgan fingerprint density at radius 1 is 0.500 bits per heavy atom. The molecule has 0 aliphatic carbocycles. The molecule has 0 bridgehead atoms. The van der Waals surface area contributed by atoms with E-state index in [0.717, 1.165) is 20.9 Å².